The molecule has 1 aliphatic carbocycles. The van der Waals surface area contributed by atoms with E-state index in [0.29, 0.717) is 42.5 Å². The average molecular weight is 458 g/mol. The number of rotatable bonds is 5. The minimum Gasteiger partial charge on any atom is -0.490 e. The summed E-state index contributed by atoms with van der Waals surface area (Å²) in [7, 11) is 1.78. The van der Waals surface area contributed by atoms with E-state index >= 15 is 0 Å². The lowest BCUT2D eigenvalue weighted by molar-refractivity contribution is -0.134. The first kappa shape index (κ1) is 23.5. The van der Waals surface area contributed by atoms with E-state index in [-0.39, 0.29) is 41.9 Å². The molecule has 180 valence electrons. The minimum atomic E-state index is -0.301. The molecule has 1 saturated heterocycles. The van der Waals surface area contributed by atoms with Crippen molar-refractivity contribution in [3.8, 4) is 5.75 Å². The lowest BCUT2D eigenvalue weighted by Gasteiger charge is -2.42. The van der Waals surface area contributed by atoms with Crippen LogP contribution in [0.1, 0.15) is 69.2 Å². The molecule has 2 fully saturated rings. The summed E-state index contributed by atoms with van der Waals surface area (Å²) >= 11 is 0. The van der Waals surface area contributed by atoms with E-state index in [1.807, 2.05) is 13.8 Å². The molecule has 3 atom stereocenters. The maximum atomic E-state index is 13.3. The number of benzene rings is 1. The molecular formula is C25H35N3O5. The van der Waals surface area contributed by atoms with Crippen LogP contribution in [0, 0.1) is 5.92 Å². The van der Waals surface area contributed by atoms with Crippen molar-refractivity contribution >= 4 is 23.4 Å². The van der Waals surface area contributed by atoms with Gasteiger partial charge in [0, 0.05) is 24.7 Å². The highest BCUT2D eigenvalue weighted by atomic mass is 16.5. The van der Waals surface area contributed by atoms with Gasteiger partial charge in [-0.2, -0.15) is 0 Å². The van der Waals surface area contributed by atoms with Crippen molar-refractivity contribution in [2.24, 2.45) is 5.92 Å². The predicted molar refractivity (Wildman–Crippen MR) is 124 cm³/mol. The third-order valence-corrected chi connectivity index (χ3v) is 6.94. The van der Waals surface area contributed by atoms with E-state index in [9.17, 15) is 14.4 Å². The van der Waals surface area contributed by atoms with Gasteiger partial charge in [0.2, 0.25) is 11.8 Å². The fraction of sp³-hybridized carbons (Fsp3) is 0.640. The zero-order valence-electron chi connectivity index (χ0n) is 19.8. The van der Waals surface area contributed by atoms with Crippen molar-refractivity contribution < 1.29 is 23.9 Å². The normalized spacial score (nSPS) is 25.5. The predicted octanol–water partition coefficient (Wildman–Crippen LogP) is 3.11. The summed E-state index contributed by atoms with van der Waals surface area (Å²) in [5.74, 6) is 0.0861. The molecule has 1 aromatic carbocycles. The van der Waals surface area contributed by atoms with Gasteiger partial charge >= 0.3 is 0 Å². The molecule has 0 aromatic heterocycles. The van der Waals surface area contributed by atoms with Crippen LogP contribution in [0.4, 0.5) is 5.69 Å². The standard InChI is InChI=1S/C25H35N3O5/c1-15(2)24(30)27-17-8-11-21-19(12-17)25(31)28(3)20-10-9-18(33-22(20)14-32-21)13-23(29)26-16-6-4-5-7-16/h8,11-12,15-16,18,20,22H,4-7,9-10,13-14H2,1-3H3,(H,26,29)(H,27,30)/t18-,20-,22+/m1/s1. The van der Waals surface area contributed by atoms with Crippen molar-refractivity contribution in [3.05, 3.63) is 23.8 Å². The number of carbonyl (C=O) groups is 3. The summed E-state index contributed by atoms with van der Waals surface area (Å²) in [5.41, 5.74) is 0.999. The van der Waals surface area contributed by atoms with Gasteiger partial charge in [-0.3, -0.25) is 14.4 Å². The van der Waals surface area contributed by atoms with Crippen LogP contribution in [0.25, 0.3) is 0 Å². The maximum absolute atomic E-state index is 13.3. The van der Waals surface area contributed by atoms with Gasteiger partial charge < -0.3 is 25.0 Å². The zero-order chi connectivity index (χ0) is 23.5. The molecule has 2 aliphatic heterocycles. The van der Waals surface area contributed by atoms with Crippen LogP contribution in [0.2, 0.25) is 0 Å². The van der Waals surface area contributed by atoms with Crippen molar-refractivity contribution in [3.63, 3.8) is 0 Å². The summed E-state index contributed by atoms with van der Waals surface area (Å²) in [4.78, 5) is 39.5. The van der Waals surface area contributed by atoms with E-state index in [1.165, 1.54) is 12.8 Å². The van der Waals surface area contributed by atoms with Crippen molar-refractivity contribution in [2.75, 3.05) is 19.0 Å². The molecule has 33 heavy (non-hydrogen) atoms. The van der Waals surface area contributed by atoms with Crippen LogP contribution in [-0.2, 0) is 14.3 Å². The SMILES string of the molecule is CC(C)C(=O)Nc1ccc2c(c1)C(=O)N(C)[C@@H]1CC[C@H](CC(=O)NC3CCCC3)O[C@H]1CO2. The van der Waals surface area contributed by atoms with Crippen LogP contribution in [0.5, 0.6) is 5.75 Å². The number of anilines is 1. The van der Waals surface area contributed by atoms with Gasteiger partial charge in [0.25, 0.3) is 5.91 Å². The van der Waals surface area contributed by atoms with Gasteiger partial charge in [-0.15, -0.1) is 0 Å². The van der Waals surface area contributed by atoms with E-state index < -0.39 is 0 Å². The van der Waals surface area contributed by atoms with Crippen molar-refractivity contribution in [1.29, 1.82) is 0 Å². The summed E-state index contributed by atoms with van der Waals surface area (Å²) < 4.78 is 12.3. The third kappa shape index (κ3) is 5.49. The second kappa shape index (κ2) is 10.1. The Bertz CT molecular complexity index is 896. The van der Waals surface area contributed by atoms with Crippen molar-refractivity contribution in [2.45, 2.75) is 83.1 Å². The molecule has 0 unspecified atom stereocenters. The molecule has 3 amide bonds. The molecule has 8 nitrogen and oxygen atoms in total. The number of likely N-dealkylation sites (N-methyl/N-ethyl adjacent to an activating group) is 1. The first-order valence-electron chi connectivity index (χ1n) is 12.1. The van der Waals surface area contributed by atoms with Gasteiger partial charge in [0.05, 0.1) is 24.1 Å². The topological polar surface area (TPSA) is 97.0 Å². The fourth-order valence-electron chi connectivity index (χ4n) is 4.96. The monoisotopic (exact) mass is 457 g/mol. The number of amides is 3. The summed E-state index contributed by atoms with van der Waals surface area (Å²) in [6, 6.07) is 5.30. The molecule has 0 spiro atoms. The van der Waals surface area contributed by atoms with Gasteiger partial charge in [-0.05, 0) is 43.9 Å². The van der Waals surface area contributed by atoms with E-state index in [4.69, 9.17) is 9.47 Å². The van der Waals surface area contributed by atoms with Crippen LogP contribution < -0.4 is 15.4 Å². The molecule has 8 heteroatoms. The van der Waals surface area contributed by atoms with Crippen LogP contribution >= 0.6 is 0 Å². The third-order valence-electron chi connectivity index (χ3n) is 6.94. The zero-order valence-corrected chi connectivity index (χ0v) is 19.8. The molecule has 1 saturated carbocycles. The summed E-state index contributed by atoms with van der Waals surface area (Å²) in [5, 5.41) is 5.97. The Morgan fingerprint density at radius 1 is 1.15 bits per heavy atom. The van der Waals surface area contributed by atoms with Crippen molar-refractivity contribution in [1.82, 2.24) is 10.2 Å². The number of nitrogens with zero attached hydrogens (tertiary/aromatic N) is 1. The smallest absolute Gasteiger partial charge is 0.257 e. The molecule has 2 N–H and O–H groups in total. The highest BCUT2D eigenvalue weighted by Gasteiger charge is 2.39. The van der Waals surface area contributed by atoms with Gasteiger partial charge in [0.15, 0.2) is 0 Å². The summed E-state index contributed by atoms with van der Waals surface area (Å²) in [6.07, 6.45) is 5.81. The minimum absolute atomic E-state index is 0.0443. The number of nitrogens with one attached hydrogen (secondary N) is 2. The number of hydrogen-bond donors (Lipinski definition) is 2. The highest BCUT2D eigenvalue weighted by Crippen LogP contribution is 2.32. The van der Waals surface area contributed by atoms with Gasteiger partial charge in [-0.25, -0.2) is 0 Å². The molecule has 4 rings (SSSR count). The Morgan fingerprint density at radius 3 is 2.64 bits per heavy atom. The lowest BCUT2D eigenvalue weighted by Crippen LogP contribution is -2.54. The number of hydrogen-bond acceptors (Lipinski definition) is 5. The molecule has 0 bridgehead atoms. The molecule has 3 aliphatic rings. The molecular weight excluding hydrogens is 422 g/mol. The second-order valence-corrected chi connectivity index (χ2v) is 9.78. The summed E-state index contributed by atoms with van der Waals surface area (Å²) in [6.45, 7) is 3.94. The Labute approximate surface area is 195 Å². The van der Waals surface area contributed by atoms with Crippen LogP contribution in [-0.4, -0.2) is 60.6 Å². The van der Waals surface area contributed by atoms with Gasteiger partial charge in [0.1, 0.15) is 18.5 Å². The maximum Gasteiger partial charge on any atom is 0.257 e. The fourth-order valence-corrected chi connectivity index (χ4v) is 4.96. The lowest BCUT2D eigenvalue weighted by atomic mass is 9.94. The Kier molecular flexibility index (Phi) is 7.22. The number of fused-ring (bicyclic) bond motifs is 2. The highest BCUT2D eigenvalue weighted by molar-refractivity contribution is 6.00. The Balaban J connectivity index is 1.42. The first-order chi connectivity index (χ1) is 15.8. The first-order valence-corrected chi connectivity index (χ1v) is 12.1. The molecule has 0 radical (unpaired) electrons. The van der Waals surface area contributed by atoms with Crippen LogP contribution in [0.3, 0.4) is 0 Å². The molecule has 1 aromatic rings. The van der Waals surface area contributed by atoms with E-state index in [2.05, 4.69) is 10.6 Å². The Morgan fingerprint density at radius 2 is 1.91 bits per heavy atom. The van der Waals surface area contributed by atoms with Crippen LogP contribution in [0.15, 0.2) is 18.2 Å². The van der Waals surface area contributed by atoms with E-state index in [0.717, 1.165) is 19.3 Å². The number of ether oxygens (including phenoxy) is 2. The quantitative estimate of drug-likeness (QED) is 0.708. The van der Waals surface area contributed by atoms with Gasteiger partial charge in [-0.1, -0.05) is 26.7 Å². The Hall–Kier alpha value is -2.61. The average Bonchev–Trinajstić information content (AvgIpc) is 3.29. The van der Waals surface area contributed by atoms with E-state index in [1.54, 1.807) is 30.1 Å². The largest absolute Gasteiger partial charge is 0.490 e. The number of carbonyl (C=O) groups excluding carboxylic acids is 3. The molecule has 2 heterocycles. The second-order valence-electron chi connectivity index (χ2n) is 9.78.